The van der Waals surface area contributed by atoms with Crippen LogP contribution in [0.1, 0.15) is 10.5 Å². The number of rotatable bonds is 7. The van der Waals surface area contributed by atoms with E-state index in [0.717, 1.165) is 5.56 Å². The lowest BCUT2D eigenvalue weighted by atomic mass is 10.2. The molecule has 1 N–H and O–H groups in total. The van der Waals surface area contributed by atoms with E-state index in [1.165, 1.54) is 23.5 Å². The fourth-order valence-corrected chi connectivity index (χ4v) is 3.72. The van der Waals surface area contributed by atoms with Crippen molar-refractivity contribution in [3.63, 3.8) is 0 Å². The number of benzene rings is 1. The number of methoxy groups -OCH3 is 1. The molecule has 1 aliphatic heterocycles. The second-order valence-electron chi connectivity index (χ2n) is 6.46. The number of nitrogens with zero attached hydrogens (tertiary/aromatic N) is 3. The lowest BCUT2D eigenvalue weighted by Gasteiger charge is -2.33. The standard InChI is InChI=1S/C19H23FN4O3S/c1-27-11-6-21-17(25)12-23-7-9-24(10-8-23)19(26)16-13-28-18(22-16)14-2-4-15(20)5-3-14/h2-5,13H,6-12H2,1H3,(H,21,25). The Bertz CT molecular complexity index is 804. The molecule has 1 aromatic heterocycles. The summed E-state index contributed by atoms with van der Waals surface area (Å²) in [6.45, 7) is 3.67. The first-order chi connectivity index (χ1) is 13.6. The predicted octanol–water partition coefficient (Wildman–Crippen LogP) is 1.47. The van der Waals surface area contributed by atoms with Crippen molar-refractivity contribution in [3.8, 4) is 10.6 Å². The molecule has 0 atom stereocenters. The first kappa shape index (κ1) is 20.4. The molecular formula is C19H23FN4O3S. The van der Waals surface area contributed by atoms with E-state index < -0.39 is 0 Å². The number of amides is 2. The largest absolute Gasteiger partial charge is 0.383 e. The van der Waals surface area contributed by atoms with Crippen LogP contribution in [0.25, 0.3) is 10.6 Å². The molecule has 2 amide bonds. The monoisotopic (exact) mass is 406 g/mol. The van der Waals surface area contributed by atoms with Gasteiger partial charge in [-0.25, -0.2) is 9.37 Å². The summed E-state index contributed by atoms with van der Waals surface area (Å²) in [6.07, 6.45) is 0. The van der Waals surface area contributed by atoms with E-state index in [4.69, 9.17) is 4.74 Å². The first-order valence-corrected chi connectivity index (χ1v) is 9.93. The van der Waals surface area contributed by atoms with Crippen molar-refractivity contribution < 1.29 is 18.7 Å². The van der Waals surface area contributed by atoms with Gasteiger partial charge in [0.05, 0.1) is 13.2 Å². The zero-order chi connectivity index (χ0) is 19.9. The van der Waals surface area contributed by atoms with Crippen LogP contribution in [0.3, 0.4) is 0 Å². The molecule has 0 spiro atoms. The van der Waals surface area contributed by atoms with Crippen LogP contribution in [0.4, 0.5) is 4.39 Å². The molecule has 0 unspecified atom stereocenters. The molecule has 0 aliphatic carbocycles. The zero-order valence-electron chi connectivity index (χ0n) is 15.7. The minimum Gasteiger partial charge on any atom is -0.383 e. The lowest BCUT2D eigenvalue weighted by molar-refractivity contribution is -0.122. The van der Waals surface area contributed by atoms with Crippen molar-refractivity contribution in [1.82, 2.24) is 20.1 Å². The molecule has 28 heavy (non-hydrogen) atoms. The van der Waals surface area contributed by atoms with E-state index in [1.807, 2.05) is 4.90 Å². The number of carbonyl (C=O) groups is 2. The Balaban J connectivity index is 1.50. The molecule has 2 heterocycles. The Hall–Kier alpha value is -2.36. The number of nitrogens with one attached hydrogen (secondary N) is 1. The highest BCUT2D eigenvalue weighted by atomic mass is 32.1. The molecule has 9 heteroatoms. The van der Waals surface area contributed by atoms with Crippen molar-refractivity contribution in [2.75, 3.05) is 53.0 Å². The highest BCUT2D eigenvalue weighted by Crippen LogP contribution is 2.24. The second-order valence-corrected chi connectivity index (χ2v) is 7.31. The van der Waals surface area contributed by atoms with Gasteiger partial charge in [0.2, 0.25) is 5.91 Å². The highest BCUT2D eigenvalue weighted by molar-refractivity contribution is 7.13. The maximum Gasteiger partial charge on any atom is 0.273 e. The van der Waals surface area contributed by atoms with Crippen LogP contribution < -0.4 is 5.32 Å². The summed E-state index contributed by atoms with van der Waals surface area (Å²) >= 11 is 1.36. The van der Waals surface area contributed by atoms with Gasteiger partial charge < -0.3 is 15.0 Å². The minimum absolute atomic E-state index is 0.0414. The number of piperazine rings is 1. The molecule has 0 saturated carbocycles. The van der Waals surface area contributed by atoms with Crippen LogP contribution in [-0.2, 0) is 9.53 Å². The molecule has 1 saturated heterocycles. The normalized spacial score (nSPS) is 14.9. The molecule has 1 aliphatic rings. The van der Waals surface area contributed by atoms with Gasteiger partial charge in [-0.1, -0.05) is 0 Å². The van der Waals surface area contributed by atoms with Crippen molar-refractivity contribution in [3.05, 3.63) is 41.2 Å². The third-order valence-electron chi connectivity index (χ3n) is 4.47. The van der Waals surface area contributed by atoms with Crippen LogP contribution in [0.2, 0.25) is 0 Å². The van der Waals surface area contributed by atoms with Gasteiger partial charge in [0, 0.05) is 50.8 Å². The summed E-state index contributed by atoms with van der Waals surface area (Å²) in [6, 6.07) is 6.06. The molecule has 0 bridgehead atoms. The predicted molar refractivity (Wildman–Crippen MR) is 105 cm³/mol. The van der Waals surface area contributed by atoms with Gasteiger partial charge in [0.25, 0.3) is 5.91 Å². The SMILES string of the molecule is COCCNC(=O)CN1CCN(C(=O)c2csc(-c3ccc(F)cc3)n2)CC1. The highest BCUT2D eigenvalue weighted by Gasteiger charge is 2.24. The Kier molecular flexibility index (Phi) is 7.07. The van der Waals surface area contributed by atoms with Crippen LogP contribution in [0, 0.1) is 5.82 Å². The summed E-state index contributed by atoms with van der Waals surface area (Å²) in [5.74, 6) is -0.462. The van der Waals surface area contributed by atoms with E-state index in [0.29, 0.717) is 56.6 Å². The number of ether oxygens (including phenoxy) is 1. The van der Waals surface area contributed by atoms with Crippen molar-refractivity contribution in [1.29, 1.82) is 0 Å². The summed E-state index contributed by atoms with van der Waals surface area (Å²) in [5, 5.41) is 5.22. The van der Waals surface area contributed by atoms with Crippen LogP contribution in [0.5, 0.6) is 0 Å². The van der Waals surface area contributed by atoms with E-state index in [1.54, 1.807) is 29.5 Å². The molecule has 1 fully saturated rings. The van der Waals surface area contributed by atoms with E-state index in [2.05, 4.69) is 10.3 Å². The lowest BCUT2D eigenvalue weighted by Crippen LogP contribution is -2.51. The summed E-state index contributed by atoms with van der Waals surface area (Å²) < 4.78 is 18.0. The van der Waals surface area contributed by atoms with Gasteiger partial charge in [-0.15, -0.1) is 11.3 Å². The van der Waals surface area contributed by atoms with Crippen molar-refractivity contribution >= 4 is 23.2 Å². The van der Waals surface area contributed by atoms with E-state index >= 15 is 0 Å². The van der Waals surface area contributed by atoms with Gasteiger partial charge in [-0.3, -0.25) is 14.5 Å². The number of thiazole rings is 1. The topological polar surface area (TPSA) is 74.8 Å². The van der Waals surface area contributed by atoms with E-state index in [9.17, 15) is 14.0 Å². The maximum absolute atomic E-state index is 13.1. The maximum atomic E-state index is 13.1. The summed E-state index contributed by atoms with van der Waals surface area (Å²) in [7, 11) is 1.59. The van der Waals surface area contributed by atoms with E-state index in [-0.39, 0.29) is 17.6 Å². The molecule has 2 aromatic rings. The average Bonchev–Trinajstić information content (AvgIpc) is 3.19. The van der Waals surface area contributed by atoms with Crippen LogP contribution >= 0.6 is 11.3 Å². The molecule has 7 nitrogen and oxygen atoms in total. The second kappa shape index (κ2) is 9.72. The number of halogens is 1. The van der Waals surface area contributed by atoms with Crippen LogP contribution in [-0.4, -0.2) is 79.6 Å². The minimum atomic E-state index is -0.304. The number of carbonyl (C=O) groups excluding carboxylic acids is 2. The van der Waals surface area contributed by atoms with Gasteiger partial charge >= 0.3 is 0 Å². The Morgan fingerprint density at radius 3 is 2.61 bits per heavy atom. The quantitative estimate of drug-likeness (QED) is 0.705. The molecular weight excluding hydrogens is 383 g/mol. The summed E-state index contributed by atoms with van der Waals surface area (Å²) in [4.78, 5) is 32.7. The first-order valence-electron chi connectivity index (χ1n) is 9.05. The van der Waals surface area contributed by atoms with Gasteiger partial charge in [0.15, 0.2) is 0 Å². The van der Waals surface area contributed by atoms with Crippen LogP contribution in [0.15, 0.2) is 29.6 Å². The fraction of sp³-hybridized carbons (Fsp3) is 0.421. The molecule has 3 rings (SSSR count). The Morgan fingerprint density at radius 2 is 1.93 bits per heavy atom. The molecule has 150 valence electrons. The van der Waals surface area contributed by atoms with Crippen molar-refractivity contribution in [2.24, 2.45) is 0 Å². The van der Waals surface area contributed by atoms with Gasteiger partial charge in [-0.2, -0.15) is 0 Å². The third kappa shape index (κ3) is 5.34. The molecule has 1 aromatic carbocycles. The Morgan fingerprint density at radius 1 is 1.21 bits per heavy atom. The smallest absolute Gasteiger partial charge is 0.273 e. The number of hydrogen-bond acceptors (Lipinski definition) is 6. The summed E-state index contributed by atoms with van der Waals surface area (Å²) in [5.41, 5.74) is 1.19. The van der Waals surface area contributed by atoms with Crippen molar-refractivity contribution in [2.45, 2.75) is 0 Å². The van der Waals surface area contributed by atoms with Gasteiger partial charge in [-0.05, 0) is 24.3 Å². The number of aromatic nitrogens is 1. The number of hydrogen-bond donors (Lipinski definition) is 1. The molecule has 0 radical (unpaired) electrons. The average molecular weight is 406 g/mol. The van der Waals surface area contributed by atoms with Gasteiger partial charge in [0.1, 0.15) is 16.5 Å². The fourth-order valence-electron chi connectivity index (χ4n) is 2.92. The Labute approximate surface area is 167 Å². The zero-order valence-corrected chi connectivity index (χ0v) is 16.5. The third-order valence-corrected chi connectivity index (χ3v) is 5.36.